The monoisotopic (exact) mass is 337 g/mol. The highest BCUT2D eigenvalue weighted by atomic mass is 127. The molecule has 2 nitrogen and oxygen atoms in total. The Morgan fingerprint density at radius 3 is 2.29 bits per heavy atom. The maximum atomic E-state index is 4.95. The smallest absolute Gasteiger partial charge is 0.118 e. The fraction of sp³-hybridized carbons (Fsp3) is 0.0714. The van der Waals surface area contributed by atoms with Crippen LogP contribution >= 0.6 is 22.6 Å². The van der Waals surface area contributed by atoms with Gasteiger partial charge < -0.3 is 4.84 Å². The second kappa shape index (κ2) is 5.82. The highest BCUT2D eigenvalue weighted by Crippen LogP contribution is 2.17. The number of nitrogens with zero attached hydrogens (tertiary/aromatic N) is 1. The molecule has 0 spiro atoms. The average molecular weight is 337 g/mol. The molecule has 0 aliphatic heterocycles. The molecule has 86 valence electrons. The summed E-state index contributed by atoms with van der Waals surface area (Å²) < 4.78 is 1.16. The van der Waals surface area contributed by atoms with Crippen LogP contribution in [-0.4, -0.2) is 12.8 Å². The van der Waals surface area contributed by atoms with Gasteiger partial charge in [0.25, 0.3) is 0 Å². The number of rotatable bonds is 3. The van der Waals surface area contributed by atoms with E-state index in [1.165, 1.54) is 0 Å². The van der Waals surface area contributed by atoms with E-state index in [-0.39, 0.29) is 0 Å². The van der Waals surface area contributed by atoms with E-state index in [0.717, 1.165) is 20.4 Å². The average Bonchev–Trinajstić information content (AvgIpc) is 2.38. The Hall–Kier alpha value is -1.36. The molecule has 0 bridgehead atoms. The number of oxime groups is 1. The van der Waals surface area contributed by atoms with E-state index in [9.17, 15) is 0 Å². The summed E-state index contributed by atoms with van der Waals surface area (Å²) in [6.45, 7) is 0. The van der Waals surface area contributed by atoms with Gasteiger partial charge in [0, 0.05) is 14.7 Å². The van der Waals surface area contributed by atoms with Crippen LogP contribution in [-0.2, 0) is 4.84 Å². The molecular weight excluding hydrogens is 325 g/mol. The summed E-state index contributed by atoms with van der Waals surface area (Å²) in [5.74, 6) is 0. The van der Waals surface area contributed by atoms with E-state index < -0.39 is 0 Å². The molecule has 0 aliphatic carbocycles. The molecule has 0 fully saturated rings. The molecule has 0 aromatic heterocycles. The molecule has 0 saturated carbocycles. The van der Waals surface area contributed by atoms with Crippen molar-refractivity contribution < 1.29 is 4.84 Å². The van der Waals surface area contributed by atoms with Gasteiger partial charge in [-0.05, 0) is 28.7 Å². The van der Waals surface area contributed by atoms with E-state index in [0.29, 0.717) is 0 Å². The Kier molecular flexibility index (Phi) is 4.14. The zero-order chi connectivity index (χ0) is 12.1. The quantitative estimate of drug-likeness (QED) is 0.476. The van der Waals surface area contributed by atoms with Crippen molar-refractivity contribution in [2.75, 3.05) is 7.11 Å². The van der Waals surface area contributed by atoms with Gasteiger partial charge in [0.2, 0.25) is 0 Å². The van der Waals surface area contributed by atoms with Crippen molar-refractivity contribution >= 4 is 28.3 Å². The highest BCUT2D eigenvalue weighted by molar-refractivity contribution is 14.1. The van der Waals surface area contributed by atoms with Gasteiger partial charge in [-0.3, -0.25) is 0 Å². The van der Waals surface area contributed by atoms with E-state index in [4.69, 9.17) is 4.84 Å². The van der Waals surface area contributed by atoms with Crippen LogP contribution in [0.25, 0.3) is 0 Å². The predicted molar refractivity (Wildman–Crippen MR) is 78.2 cm³/mol. The second-order valence-corrected chi connectivity index (χ2v) is 4.63. The third-order valence-electron chi connectivity index (χ3n) is 2.36. The number of hydrogen-bond acceptors (Lipinski definition) is 2. The van der Waals surface area contributed by atoms with Crippen molar-refractivity contribution in [3.63, 3.8) is 0 Å². The first-order valence-corrected chi connectivity index (χ1v) is 6.32. The van der Waals surface area contributed by atoms with Crippen LogP contribution in [0.5, 0.6) is 0 Å². The molecule has 17 heavy (non-hydrogen) atoms. The third-order valence-corrected chi connectivity index (χ3v) is 3.30. The summed E-state index contributed by atoms with van der Waals surface area (Å²) in [7, 11) is 1.57. The van der Waals surface area contributed by atoms with Crippen molar-refractivity contribution in [1.29, 1.82) is 0 Å². The lowest BCUT2D eigenvalue weighted by molar-refractivity contribution is 0.214. The van der Waals surface area contributed by atoms with Crippen LogP contribution in [0.2, 0.25) is 0 Å². The summed E-state index contributed by atoms with van der Waals surface area (Å²) in [5.41, 5.74) is 3.00. The lowest BCUT2D eigenvalue weighted by Gasteiger charge is -2.07. The molecule has 0 aliphatic rings. The zero-order valence-electron chi connectivity index (χ0n) is 9.43. The van der Waals surface area contributed by atoms with Gasteiger partial charge in [-0.25, -0.2) is 0 Å². The van der Waals surface area contributed by atoms with Gasteiger partial charge in [0.15, 0.2) is 0 Å². The number of benzene rings is 2. The van der Waals surface area contributed by atoms with Crippen molar-refractivity contribution in [1.82, 2.24) is 0 Å². The zero-order valence-corrected chi connectivity index (χ0v) is 11.6. The van der Waals surface area contributed by atoms with E-state index in [2.05, 4.69) is 33.8 Å². The van der Waals surface area contributed by atoms with Gasteiger partial charge in [-0.1, -0.05) is 53.7 Å². The number of hydrogen-bond donors (Lipinski definition) is 0. The van der Waals surface area contributed by atoms with Crippen LogP contribution in [0.1, 0.15) is 11.1 Å². The van der Waals surface area contributed by atoms with Crippen molar-refractivity contribution in [2.24, 2.45) is 5.16 Å². The fourth-order valence-corrected chi connectivity index (χ4v) is 2.24. The van der Waals surface area contributed by atoms with Crippen LogP contribution < -0.4 is 0 Å². The number of halogens is 1. The van der Waals surface area contributed by atoms with Gasteiger partial charge in [0.05, 0.1) is 0 Å². The molecule has 2 rings (SSSR count). The fourth-order valence-electron chi connectivity index (χ4n) is 1.60. The first kappa shape index (κ1) is 12.1. The Morgan fingerprint density at radius 1 is 1.00 bits per heavy atom. The Labute approximate surface area is 114 Å². The summed E-state index contributed by atoms with van der Waals surface area (Å²) in [4.78, 5) is 4.95. The minimum Gasteiger partial charge on any atom is -0.399 e. The van der Waals surface area contributed by atoms with Crippen LogP contribution in [0.15, 0.2) is 59.8 Å². The Morgan fingerprint density at radius 2 is 1.65 bits per heavy atom. The molecule has 0 N–H and O–H groups in total. The Balaban J connectivity index is 2.52. The highest BCUT2D eigenvalue weighted by Gasteiger charge is 2.10. The van der Waals surface area contributed by atoms with Gasteiger partial charge in [-0.15, -0.1) is 0 Å². The van der Waals surface area contributed by atoms with E-state index in [1.807, 2.05) is 48.5 Å². The van der Waals surface area contributed by atoms with Crippen LogP contribution in [0.4, 0.5) is 0 Å². The second-order valence-electron chi connectivity index (χ2n) is 3.47. The van der Waals surface area contributed by atoms with Crippen LogP contribution in [0.3, 0.4) is 0 Å². The van der Waals surface area contributed by atoms with Crippen molar-refractivity contribution in [3.05, 3.63) is 69.3 Å². The Bertz CT molecular complexity index is 523. The largest absolute Gasteiger partial charge is 0.399 e. The topological polar surface area (TPSA) is 21.6 Å². The molecule has 0 radical (unpaired) electrons. The normalized spacial score (nSPS) is 11.3. The van der Waals surface area contributed by atoms with E-state index >= 15 is 0 Å². The molecule has 2 aromatic carbocycles. The standard InChI is InChI=1S/C14H12INO/c1-17-16-14(11-7-3-2-4-8-11)12-9-5-6-10-13(12)15/h2-10H,1H3/b16-14-. The summed E-state index contributed by atoms with van der Waals surface area (Å²) in [6.07, 6.45) is 0. The van der Waals surface area contributed by atoms with Gasteiger partial charge in [-0.2, -0.15) is 0 Å². The first-order valence-electron chi connectivity index (χ1n) is 5.24. The maximum Gasteiger partial charge on any atom is 0.118 e. The summed E-state index contributed by atoms with van der Waals surface area (Å²) in [6, 6.07) is 18.2. The third kappa shape index (κ3) is 2.85. The summed E-state index contributed by atoms with van der Waals surface area (Å²) in [5, 5.41) is 4.14. The lowest BCUT2D eigenvalue weighted by Crippen LogP contribution is -2.05. The molecule has 0 saturated heterocycles. The minimum absolute atomic E-state index is 0.859. The maximum absolute atomic E-state index is 4.95. The predicted octanol–water partition coefficient (Wildman–Crippen LogP) is 3.69. The molecule has 0 unspecified atom stereocenters. The SMILES string of the molecule is CO/N=C(/c1ccccc1)c1ccccc1I. The molecule has 2 aromatic rings. The van der Waals surface area contributed by atoms with E-state index in [1.54, 1.807) is 7.11 Å². The van der Waals surface area contributed by atoms with Crippen molar-refractivity contribution in [3.8, 4) is 0 Å². The summed E-state index contributed by atoms with van der Waals surface area (Å²) >= 11 is 2.31. The lowest BCUT2D eigenvalue weighted by atomic mass is 10.0. The van der Waals surface area contributed by atoms with Crippen molar-refractivity contribution in [2.45, 2.75) is 0 Å². The van der Waals surface area contributed by atoms with Gasteiger partial charge >= 0.3 is 0 Å². The minimum atomic E-state index is 0.859. The van der Waals surface area contributed by atoms with Crippen LogP contribution in [0, 0.1) is 3.57 Å². The first-order chi connectivity index (χ1) is 8.33. The molecule has 0 amide bonds. The van der Waals surface area contributed by atoms with Gasteiger partial charge in [0.1, 0.15) is 12.8 Å². The molecule has 0 atom stereocenters. The molecular formula is C14H12INO. The molecule has 0 heterocycles. The molecule has 3 heteroatoms.